The highest BCUT2D eigenvalue weighted by atomic mass is 79.9. The molecule has 0 unspecified atom stereocenters. The van der Waals surface area contributed by atoms with Gasteiger partial charge < -0.3 is 10.4 Å². The molecule has 14 heavy (non-hydrogen) atoms. The smallest absolute Gasteiger partial charge is 0.283 e. The summed E-state index contributed by atoms with van der Waals surface area (Å²) >= 11 is 3.06. The van der Waals surface area contributed by atoms with Crippen LogP contribution in [0.3, 0.4) is 0 Å². The van der Waals surface area contributed by atoms with E-state index >= 15 is 0 Å². The van der Waals surface area contributed by atoms with E-state index in [0.29, 0.717) is 4.47 Å². The second-order valence-corrected chi connectivity index (χ2v) is 3.35. The van der Waals surface area contributed by atoms with Crippen LogP contribution in [0.4, 0.5) is 10.1 Å². The number of anilines is 1. The van der Waals surface area contributed by atoms with Gasteiger partial charge in [0, 0.05) is 0 Å². The first-order valence-electron chi connectivity index (χ1n) is 3.65. The van der Waals surface area contributed by atoms with Crippen LogP contribution in [0.15, 0.2) is 35.1 Å². The van der Waals surface area contributed by atoms with E-state index in [-0.39, 0.29) is 11.4 Å². The number of nitrogens with one attached hydrogen (secondary N) is 1. The highest BCUT2D eigenvalue weighted by Gasteiger charge is 2.10. The zero-order valence-electron chi connectivity index (χ0n) is 7.05. The number of carbonyl (C=O) groups is 1. The van der Waals surface area contributed by atoms with Gasteiger partial charge in [-0.25, -0.2) is 4.39 Å². The van der Waals surface area contributed by atoms with Gasteiger partial charge in [-0.05, 0) is 28.1 Å². The molecule has 2 N–H and O–H groups in total. The van der Waals surface area contributed by atoms with Gasteiger partial charge in [0.05, 0.1) is 10.2 Å². The maximum Gasteiger partial charge on any atom is 0.283 e. The van der Waals surface area contributed by atoms with Gasteiger partial charge >= 0.3 is 0 Å². The number of carbonyl (C=O) groups excluding carboxylic acids is 1. The number of para-hydroxylation sites is 1. The molecule has 0 fully saturated rings. The molecule has 0 atom stereocenters. The van der Waals surface area contributed by atoms with Gasteiger partial charge in [0.15, 0.2) is 11.6 Å². The van der Waals surface area contributed by atoms with Crippen LogP contribution < -0.4 is 5.32 Å². The van der Waals surface area contributed by atoms with Crippen LogP contribution in [0.25, 0.3) is 0 Å². The molecule has 1 aromatic rings. The molecule has 5 heteroatoms. The van der Waals surface area contributed by atoms with Crippen molar-refractivity contribution < 1.29 is 14.3 Å². The molecular weight excluding hydrogens is 253 g/mol. The van der Waals surface area contributed by atoms with Gasteiger partial charge in [0.2, 0.25) is 0 Å². The summed E-state index contributed by atoms with van der Waals surface area (Å²) in [5.74, 6) is -2.23. The van der Waals surface area contributed by atoms with Gasteiger partial charge in [-0.15, -0.1) is 0 Å². The zero-order valence-corrected chi connectivity index (χ0v) is 8.64. The molecular formula is C9H7BrFNO2. The average molecular weight is 260 g/mol. The van der Waals surface area contributed by atoms with Gasteiger partial charge in [0.25, 0.3) is 5.91 Å². The van der Waals surface area contributed by atoms with E-state index in [2.05, 4.69) is 27.8 Å². The molecule has 1 amide bonds. The third-order valence-electron chi connectivity index (χ3n) is 1.48. The maximum atomic E-state index is 12.3. The Morgan fingerprint density at radius 2 is 2.21 bits per heavy atom. The number of aromatic hydroxyl groups is 1. The monoisotopic (exact) mass is 259 g/mol. The largest absolute Gasteiger partial charge is 0.505 e. The molecule has 0 saturated carbocycles. The molecule has 0 aliphatic carbocycles. The summed E-state index contributed by atoms with van der Waals surface area (Å²) < 4.78 is 12.7. The normalized spacial score (nSPS) is 9.57. The lowest BCUT2D eigenvalue weighted by Crippen LogP contribution is -2.11. The minimum absolute atomic E-state index is 0.128. The van der Waals surface area contributed by atoms with Crippen LogP contribution in [-0.4, -0.2) is 11.0 Å². The highest BCUT2D eigenvalue weighted by Crippen LogP contribution is 2.31. The average Bonchev–Trinajstić information content (AvgIpc) is 2.12. The molecule has 0 spiro atoms. The predicted molar refractivity (Wildman–Crippen MR) is 54.7 cm³/mol. The molecule has 0 aliphatic rings. The molecule has 0 radical (unpaired) electrons. The number of hydrogen-bond acceptors (Lipinski definition) is 2. The number of phenols is 1. The molecule has 0 heterocycles. The lowest BCUT2D eigenvalue weighted by atomic mass is 10.3. The number of rotatable bonds is 2. The number of halogens is 2. The quantitative estimate of drug-likeness (QED) is 0.634. The fourth-order valence-corrected chi connectivity index (χ4v) is 1.17. The Labute approximate surface area is 88.4 Å². The molecule has 0 aromatic heterocycles. The fourth-order valence-electron chi connectivity index (χ4n) is 0.806. The van der Waals surface area contributed by atoms with Crippen molar-refractivity contribution in [2.45, 2.75) is 0 Å². The SMILES string of the molecule is C=C(F)C(=O)Nc1cccc(Br)c1O. The van der Waals surface area contributed by atoms with Crippen LogP contribution in [0.1, 0.15) is 0 Å². The highest BCUT2D eigenvalue weighted by molar-refractivity contribution is 9.10. The number of amides is 1. The van der Waals surface area contributed by atoms with E-state index in [4.69, 9.17) is 0 Å². The van der Waals surface area contributed by atoms with E-state index in [9.17, 15) is 14.3 Å². The number of benzene rings is 1. The molecule has 1 rings (SSSR count). The molecule has 0 saturated heterocycles. The van der Waals surface area contributed by atoms with E-state index in [1.54, 1.807) is 12.1 Å². The van der Waals surface area contributed by atoms with Crippen LogP contribution in [-0.2, 0) is 4.79 Å². The second kappa shape index (κ2) is 4.23. The van der Waals surface area contributed by atoms with Crippen molar-refractivity contribution in [2.75, 3.05) is 5.32 Å². The van der Waals surface area contributed by atoms with Crippen LogP contribution in [0, 0.1) is 0 Å². The minimum Gasteiger partial charge on any atom is -0.505 e. The summed E-state index contributed by atoms with van der Waals surface area (Å²) in [6, 6.07) is 4.64. The van der Waals surface area contributed by atoms with Crippen LogP contribution >= 0.6 is 15.9 Å². The summed E-state index contributed by atoms with van der Waals surface area (Å²) in [4.78, 5) is 10.9. The van der Waals surface area contributed by atoms with Crippen molar-refractivity contribution in [1.29, 1.82) is 0 Å². The first kappa shape index (κ1) is 10.7. The summed E-state index contributed by atoms with van der Waals surface area (Å²) in [5.41, 5.74) is 0.128. The van der Waals surface area contributed by atoms with Crippen molar-refractivity contribution in [3.63, 3.8) is 0 Å². The van der Waals surface area contributed by atoms with Crippen molar-refractivity contribution in [3.05, 3.63) is 35.1 Å². The van der Waals surface area contributed by atoms with E-state index in [0.717, 1.165) is 0 Å². The first-order valence-corrected chi connectivity index (χ1v) is 4.45. The van der Waals surface area contributed by atoms with Crippen molar-refractivity contribution in [3.8, 4) is 5.75 Å². The van der Waals surface area contributed by atoms with E-state index in [1.165, 1.54) is 6.07 Å². The lowest BCUT2D eigenvalue weighted by Gasteiger charge is -2.06. The maximum absolute atomic E-state index is 12.3. The van der Waals surface area contributed by atoms with E-state index < -0.39 is 11.7 Å². The number of phenolic OH excluding ortho intramolecular Hbond substituents is 1. The van der Waals surface area contributed by atoms with Gasteiger partial charge in [-0.1, -0.05) is 12.6 Å². The van der Waals surface area contributed by atoms with Crippen LogP contribution in [0.5, 0.6) is 5.75 Å². The summed E-state index contributed by atoms with van der Waals surface area (Å²) in [7, 11) is 0. The lowest BCUT2D eigenvalue weighted by molar-refractivity contribution is -0.114. The van der Waals surface area contributed by atoms with Gasteiger partial charge in [0.1, 0.15) is 0 Å². The summed E-state index contributed by atoms with van der Waals surface area (Å²) in [6.07, 6.45) is 0. The van der Waals surface area contributed by atoms with Gasteiger partial charge in [-0.3, -0.25) is 4.79 Å². The minimum atomic E-state index is -1.11. The Morgan fingerprint density at radius 3 is 2.79 bits per heavy atom. The molecule has 3 nitrogen and oxygen atoms in total. The van der Waals surface area contributed by atoms with Gasteiger partial charge in [-0.2, -0.15) is 0 Å². The third-order valence-corrected chi connectivity index (χ3v) is 2.12. The molecule has 0 bridgehead atoms. The summed E-state index contributed by atoms with van der Waals surface area (Å²) in [5, 5.41) is 11.6. The fraction of sp³-hybridized carbons (Fsp3) is 0. The third kappa shape index (κ3) is 2.32. The molecule has 1 aromatic carbocycles. The predicted octanol–water partition coefficient (Wildman–Crippen LogP) is 2.58. The first-order chi connectivity index (χ1) is 6.52. The Kier molecular flexibility index (Phi) is 3.24. The number of hydrogen-bond donors (Lipinski definition) is 2. The molecule has 0 aliphatic heterocycles. The topological polar surface area (TPSA) is 49.3 Å². The van der Waals surface area contributed by atoms with Crippen molar-refractivity contribution >= 4 is 27.5 Å². The Bertz CT molecular complexity index is 392. The Balaban J connectivity index is 2.93. The standard InChI is InChI=1S/C9H7BrFNO2/c1-5(11)9(14)12-7-4-2-3-6(10)8(7)13/h2-4,13H,1H2,(H,12,14). The Hall–Kier alpha value is -1.36. The molecule has 74 valence electrons. The zero-order chi connectivity index (χ0) is 10.7. The van der Waals surface area contributed by atoms with Crippen molar-refractivity contribution in [2.24, 2.45) is 0 Å². The van der Waals surface area contributed by atoms with Crippen LogP contribution in [0.2, 0.25) is 0 Å². The Morgan fingerprint density at radius 1 is 1.57 bits per heavy atom. The second-order valence-electron chi connectivity index (χ2n) is 2.50. The summed E-state index contributed by atoms with van der Waals surface area (Å²) in [6.45, 7) is 2.83. The van der Waals surface area contributed by atoms with Crippen molar-refractivity contribution in [1.82, 2.24) is 0 Å². The van der Waals surface area contributed by atoms with E-state index in [1.807, 2.05) is 0 Å².